The highest BCUT2D eigenvalue weighted by molar-refractivity contribution is 5.97. The number of fused-ring (bicyclic) bond motifs is 2. The minimum atomic E-state index is -0.756. The summed E-state index contributed by atoms with van der Waals surface area (Å²) in [5.41, 5.74) is 2.92. The van der Waals surface area contributed by atoms with Crippen LogP contribution in [0.15, 0.2) is 18.2 Å². The van der Waals surface area contributed by atoms with Gasteiger partial charge in [0.1, 0.15) is 12.1 Å². The summed E-state index contributed by atoms with van der Waals surface area (Å²) in [5.74, 6) is -0.117. The number of carbonyl (C=O) groups excluding carboxylic acids is 2. The van der Waals surface area contributed by atoms with E-state index in [2.05, 4.69) is 18.2 Å². The molecule has 2 saturated heterocycles. The van der Waals surface area contributed by atoms with E-state index in [0.29, 0.717) is 6.42 Å². The molecule has 25 heavy (non-hydrogen) atoms. The Morgan fingerprint density at radius 3 is 2.64 bits per heavy atom. The molecule has 1 aromatic carbocycles. The third-order valence-corrected chi connectivity index (χ3v) is 6.35. The number of nitriles is 1. The number of rotatable bonds is 1. The van der Waals surface area contributed by atoms with Crippen molar-refractivity contribution in [2.75, 3.05) is 7.05 Å². The van der Waals surface area contributed by atoms with Crippen LogP contribution in [-0.4, -0.2) is 40.7 Å². The summed E-state index contributed by atoms with van der Waals surface area (Å²) in [6.45, 7) is 3.65. The quantitative estimate of drug-likeness (QED) is 0.789. The fraction of sp³-hybridized carbons (Fsp3) is 0.550. The van der Waals surface area contributed by atoms with Crippen LogP contribution in [0, 0.1) is 16.7 Å². The van der Waals surface area contributed by atoms with Crippen LogP contribution in [0.3, 0.4) is 0 Å². The molecular weight excluding hydrogens is 314 g/mol. The average Bonchev–Trinajstić information content (AvgIpc) is 3.20. The van der Waals surface area contributed by atoms with Crippen molar-refractivity contribution in [3.05, 3.63) is 34.9 Å². The van der Waals surface area contributed by atoms with Crippen LogP contribution < -0.4 is 0 Å². The number of carbonyl (C=O) groups is 2. The van der Waals surface area contributed by atoms with Crippen molar-refractivity contribution in [3.63, 3.8) is 0 Å². The number of amides is 2. The molecule has 2 fully saturated rings. The predicted octanol–water partition coefficient (Wildman–Crippen LogP) is 2.21. The van der Waals surface area contributed by atoms with Gasteiger partial charge in [0.15, 0.2) is 0 Å². The molecule has 2 aliphatic heterocycles. The lowest BCUT2D eigenvalue weighted by atomic mass is 9.79. The number of nitrogens with zero attached hydrogens (tertiary/aromatic N) is 3. The van der Waals surface area contributed by atoms with Crippen molar-refractivity contribution < 1.29 is 9.59 Å². The van der Waals surface area contributed by atoms with Crippen molar-refractivity contribution in [3.8, 4) is 6.07 Å². The maximum absolute atomic E-state index is 13.0. The second-order valence-corrected chi connectivity index (χ2v) is 7.90. The van der Waals surface area contributed by atoms with Gasteiger partial charge in [0.25, 0.3) is 0 Å². The van der Waals surface area contributed by atoms with E-state index in [1.165, 1.54) is 16.0 Å². The third kappa shape index (κ3) is 2.13. The van der Waals surface area contributed by atoms with E-state index in [-0.39, 0.29) is 17.9 Å². The second kappa shape index (κ2) is 5.32. The molecule has 0 saturated carbocycles. The smallest absolute Gasteiger partial charge is 0.246 e. The first-order chi connectivity index (χ1) is 11.9. The van der Waals surface area contributed by atoms with E-state index in [4.69, 9.17) is 0 Å². The second-order valence-electron chi connectivity index (χ2n) is 7.90. The summed E-state index contributed by atoms with van der Waals surface area (Å²) >= 11 is 0. The molecule has 0 aromatic heterocycles. The molecule has 4 rings (SSSR count). The molecule has 0 radical (unpaired) electrons. The molecule has 5 nitrogen and oxygen atoms in total. The Morgan fingerprint density at radius 2 is 1.92 bits per heavy atom. The molecule has 2 heterocycles. The van der Waals surface area contributed by atoms with E-state index in [1.807, 2.05) is 13.0 Å². The molecule has 0 N–H and O–H groups in total. The highest BCUT2D eigenvalue weighted by Gasteiger charge is 2.58. The van der Waals surface area contributed by atoms with Crippen LogP contribution in [0.5, 0.6) is 0 Å². The molecule has 0 bridgehead atoms. The van der Waals surface area contributed by atoms with E-state index in [1.54, 1.807) is 18.9 Å². The first-order valence-electron chi connectivity index (χ1n) is 8.99. The maximum Gasteiger partial charge on any atom is 0.246 e. The van der Waals surface area contributed by atoms with Crippen molar-refractivity contribution >= 4 is 11.8 Å². The van der Waals surface area contributed by atoms with Crippen LogP contribution in [0.25, 0.3) is 0 Å². The molecule has 1 aliphatic carbocycles. The zero-order chi connectivity index (χ0) is 17.9. The Balaban J connectivity index is 1.83. The number of likely N-dealkylation sites (N-methyl/N-ethyl adjacent to an activating group) is 1. The molecule has 3 aliphatic rings. The molecular formula is C20H23N3O2. The summed E-state index contributed by atoms with van der Waals surface area (Å²) < 4.78 is 0. The minimum Gasteiger partial charge on any atom is -0.332 e. The van der Waals surface area contributed by atoms with Crippen LogP contribution in [-0.2, 0) is 22.4 Å². The molecule has 1 aromatic rings. The zero-order valence-corrected chi connectivity index (χ0v) is 15.0. The fourth-order valence-corrected chi connectivity index (χ4v) is 4.79. The van der Waals surface area contributed by atoms with Gasteiger partial charge < -0.3 is 9.80 Å². The van der Waals surface area contributed by atoms with E-state index >= 15 is 0 Å². The maximum atomic E-state index is 13.0. The van der Waals surface area contributed by atoms with Gasteiger partial charge >= 0.3 is 0 Å². The van der Waals surface area contributed by atoms with Gasteiger partial charge in [0.2, 0.25) is 11.8 Å². The number of hydrogen-bond donors (Lipinski definition) is 0. The first-order valence-corrected chi connectivity index (χ1v) is 8.99. The fourth-order valence-electron chi connectivity index (χ4n) is 4.79. The van der Waals surface area contributed by atoms with Crippen LogP contribution in [0.2, 0.25) is 0 Å². The predicted molar refractivity (Wildman–Crippen MR) is 92.4 cm³/mol. The molecule has 4 unspecified atom stereocenters. The Hall–Kier alpha value is -2.35. The largest absolute Gasteiger partial charge is 0.332 e. The van der Waals surface area contributed by atoms with E-state index < -0.39 is 17.5 Å². The van der Waals surface area contributed by atoms with Gasteiger partial charge in [0.05, 0.1) is 17.5 Å². The standard InChI is InChI=1S/C20H23N3O2/c1-12-18(24)23-16(19(25)22(12)3)10-20(2,11-21)17(23)15-8-7-13-5-4-6-14(13)9-15/h7-9,12,16-17H,4-6,10H2,1-3H3. The van der Waals surface area contributed by atoms with Crippen molar-refractivity contribution in [1.29, 1.82) is 5.26 Å². The summed E-state index contributed by atoms with van der Waals surface area (Å²) in [5, 5.41) is 9.89. The topological polar surface area (TPSA) is 64.4 Å². The van der Waals surface area contributed by atoms with Gasteiger partial charge in [-0.25, -0.2) is 0 Å². The minimum absolute atomic E-state index is 0.0581. The lowest BCUT2D eigenvalue weighted by molar-refractivity contribution is -0.159. The molecule has 5 heteroatoms. The molecule has 2 amide bonds. The van der Waals surface area contributed by atoms with Crippen molar-refractivity contribution in [2.45, 2.75) is 57.7 Å². The van der Waals surface area contributed by atoms with Gasteiger partial charge in [0, 0.05) is 7.05 Å². The highest BCUT2D eigenvalue weighted by atomic mass is 16.2. The Labute approximate surface area is 148 Å². The zero-order valence-electron chi connectivity index (χ0n) is 15.0. The van der Waals surface area contributed by atoms with Crippen LogP contribution in [0.1, 0.15) is 49.4 Å². The summed E-state index contributed by atoms with van der Waals surface area (Å²) in [7, 11) is 1.68. The van der Waals surface area contributed by atoms with Gasteiger partial charge in [-0.3, -0.25) is 9.59 Å². The molecule has 130 valence electrons. The third-order valence-electron chi connectivity index (χ3n) is 6.35. The van der Waals surface area contributed by atoms with E-state index in [9.17, 15) is 14.9 Å². The van der Waals surface area contributed by atoms with Crippen LogP contribution in [0.4, 0.5) is 0 Å². The number of benzene rings is 1. The summed E-state index contributed by atoms with van der Waals surface area (Å²) in [4.78, 5) is 29.0. The summed E-state index contributed by atoms with van der Waals surface area (Å²) in [6, 6.07) is 7.38. The van der Waals surface area contributed by atoms with E-state index in [0.717, 1.165) is 24.8 Å². The number of hydrogen-bond acceptors (Lipinski definition) is 3. The molecule has 0 spiro atoms. The monoisotopic (exact) mass is 337 g/mol. The van der Waals surface area contributed by atoms with Crippen molar-refractivity contribution in [1.82, 2.24) is 9.80 Å². The highest BCUT2D eigenvalue weighted by Crippen LogP contribution is 2.52. The lowest BCUT2D eigenvalue weighted by Gasteiger charge is -2.42. The van der Waals surface area contributed by atoms with Gasteiger partial charge in [-0.1, -0.05) is 18.2 Å². The van der Waals surface area contributed by atoms with Gasteiger partial charge in [-0.2, -0.15) is 5.26 Å². The Morgan fingerprint density at radius 1 is 1.20 bits per heavy atom. The van der Waals surface area contributed by atoms with Crippen molar-refractivity contribution in [2.24, 2.45) is 5.41 Å². The van der Waals surface area contributed by atoms with Gasteiger partial charge in [-0.15, -0.1) is 0 Å². The number of aryl methyl sites for hydroxylation is 2. The SMILES string of the molecule is CC1C(=O)N2C(CC(C)(C#N)C2c2ccc3c(c2)CCC3)C(=O)N1C. The molecule has 4 atom stereocenters. The summed E-state index contributed by atoms with van der Waals surface area (Å²) in [6.07, 6.45) is 3.70. The Bertz CT molecular complexity index is 812. The van der Waals surface area contributed by atoms with Crippen LogP contribution >= 0.6 is 0 Å². The van der Waals surface area contributed by atoms with Gasteiger partial charge in [-0.05, 0) is 56.2 Å². The normalized spacial score (nSPS) is 34.1. The first kappa shape index (κ1) is 16.1. The number of piperazine rings is 1. The average molecular weight is 337 g/mol. The Kier molecular flexibility index (Phi) is 3.44. The lowest BCUT2D eigenvalue weighted by Crippen LogP contribution is -2.60.